The third-order valence-electron chi connectivity index (χ3n) is 3.63. The average molecular weight is 277 g/mol. The van der Waals surface area contributed by atoms with Gasteiger partial charge in [0.1, 0.15) is 0 Å². The van der Waals surface area contributed by atoms with E-state index in [0.29, 0.717) is 5.69 Å². The minimum absolute atomic E-state index is 0.294. The van der Waals surface area contributed by atoms with Crippen LogP contribution in [0, 0.1) is 0 Å². The number of amides is 2. The molecule has 0 N–H and O–H groups in total. The monoisotopic (exact) mass is 277 g/mol. The highest BCUT2D eigenvalue weighted by Gasteiger charge is 2.27. The van der Waals surface area contributed by atoms with Crippen LogP contribution in [0.2, 0.25) is 0 Å². The molecule has 0 atom stereocenters. The Bertz CT molecular complexity index is 711. The molecule has 0 radical (unpaired) electrons. The lowest BCUT2D eigenvalue weighted by Gasteiger charge is -2.18. The van der Waals surface area contributed by atoms with Crippen molar-refractivity contribution >= 4 is 17.5 Å². The summed E-state index contributed by atoms with van der Waals surface area (Å²) in [5.41, 5.74) is 3.76. The van der Waals surface area contributed by atoms with Crippen molar-refractivity contribution in [1.82, 2.24) is 0 Å². The normalized spacial score (nSPS) is 14.0. The fourth-order valence-corrected chi connectivity index (χ4v) is 2.47. The van der Waals surface area contributed by atoms with Crippen LogP contribution in [0.15, 0.2) is 60.7 Å². The van der Waals surface area contributed by atoms with Crippen molar-refractivity contribution in [3.8, 4) is 11.1 Å². The first-order valence-corrected chi connectivity index (χ1v) is 6.95. The van der Waals surface area contributed by atoms with E-state index in [1.54, 1.807) is 6.07 Å². The van der Waals surface area contributed by atoms with Crippen LogP contribution < -0.4 is 4.90 Å². The van der Waals surface area contributed by atoms with Crippen molar-refractivity contribution in [2.75, 3.05) is 4.90 Å². The van der Waals surface area contributed by atoms with Gasteiger partial charge in [-0.1, -0.05) is 49.4 Å². The van der Waals surface area contributed by atoms with E-state index in [0.717, 1.165) is 17.5 Å². The van der Waals surface area contributed by atoms with Gasteiger partial charge in [0.25, 0.3) is 11.8 Å². The van der Waals surface area contributed by atoms with E-state index in [1.165, 1.54) is 22.6 Å². The summed E-state index contributed by atoms with van der Waals surface area (Å²) in [7, 11) is 0. The minimum Gasteiger partial charge on any atom is -0.269 e. The van der Waals surface area contributed by atoms with Crippen LogP contribution in [0.5, 0.6) is 0 Å². The molecule has 0 bridgehead atoms. The molecular weight excluding hydrogens is 262 g/mol. The van der Waals surface area contributed by atoms with Gasteiger partial charge >= 0.3 is 0 Å². The molecule has 2 aromatic carbocycles. The van der Waals surface area contributed by atoms with Crippen LogP contribution in [0.25, 0.3) is 11.1 Å². The van der Waals surface area contributed by atoms with Gasteiger partial charge in [0.2, 0.25) is 0 Å². The number of aryl methyl sites for hydroxylation is 1. The summed E-state index contributed by atoms with van der Waals surface area (Å²) in [6.07, 6.45) is 3.59. The molecule has 1 heterocycles. The van der Waals surface area contributed by atoms with E-state index < -0.39 is 0 Å². The molecule has 0 aromatic heterocycles. The van der Waals surface area contributed by atoms with E-state index in [1.807, 2.05) is 30.3 Å². The predicted octanol–water partition coefficient (Wildman–Crippen LogP) is 3.35. The average Bonchev–Trinajstić information content (AvgIpc) is 2.86. The third kappa shape index (κ3) is 2.38. The summed E-state index contributed by atoms with van der Waals surface area (Å²) < 4.78 is 0. The van der Waals surface area contributed by atoms with E-state index >= 15 is 0 Å². The lowest BCUT2D eigenvalue weighted by molar-refractivity contribution is -0.119. The summed E-state index contributed by atoms with van der Waals surface area (Å²) in [4.78, 5) is 25.0. The first-order chi connectivity index (χ1) is 10.2. The van der Waals surface area contributed by atoms with Gasteiger partial charge in [0.05, 0.1) is 5.69 Å². The highest BCUT2D eigenvalue weighted by molar-refractivity contribution is 6.29. The SMILES string of the molecule is CCc1ccc(-c2ccccc2N2C(=O)C=CC2=O)cc1. The summed E-state index contributed by atoms with van der Waals surface area (Å²) in [5.74, 6) is -0.588. The summed E-state index contributed by atoms with van der Waals surface area (Å²) in [6, 6.07) is 15.6. The quantitative estimate of drug-likeness (QED) is 0.807. The first-order valence-electron chi connectivity index (χ1n) is 6.95. The van der Waals surface area contributed by atoms with Crippen molar-refractivity contribution in [3.05, 3.63) is 66.2 Å². The zero-order chi connectivity index (χ0) is 14.8. The smallest absolute Gasteiger partial charge is 0.258 e. The predicted molar refractivity (Wildman–Crippen MR) is 82.9 cm³/mol. The number of nitrogens with zero attached hydrogens (tertiary/aromatic N) is 1. The van der Waals surface area contributed by atoms with Crippen LogP contribution in [0.4, 0.5) is 5.69 Å². The Balaban J connectivity index is 2.07. The Labute approximate surface area is 123 Å². The number of rotatable bonds is 3. The number of hydrogen-bond acceptors (Lipinski definition) is 2. The molecule has 1 aliphatic heterocycles. The molecule has 0 aliphatic carbocycles. The lowest BCUT2D eigenvalue weighted by Crippen LogP contribution is -2.29. The second-order valence-corrected chi connectivity index (χ2v) is 4.91. The molecule has 21 heavy (non-hydrogen) atoms. The molecule has 0 fully saturated rings. The highest BCUT2D eigenvalue weighted by atomic mass is 16.2. The molecule has 0 saturated heterocycles. The topological polar surface area (TPSA) is 37.4 Å². The van der Waals surface area contributed by atoms with E-state index in [4.69, 9.17) is 0 Å². The van der Waals surface area contributed by atoms with Gasteiger partial charge in [-0.2, -0.15) is 0 Å². The first kappa shape index (κ1) is 13.3. The van der Waals surface area contributed by atoms with Gasteiger partial charge in [-0.3, -0.25) is 9.59 Å². The summed E-state index contributed by atoms with van der Waals surface area (Å²) in [5, 5.41) is 0. The zero-order valence-electron chi connectivity index (χ0n) is 11.7. The van der Waals surface area contributed by atoms with Crippen LogP contribution in [0.1, 0.15) is 12.5 Å². The summed E-state index contributed by atoms with van der Waals surface area (Å²) >= 11 is 0. The lowest BCUT2D eigenvalue weighted by atomic mass is 10.0. The van der Waals surface area contributed by atoms with Gasteiger partial charge < -0.3 is 0 Å². The molecule has 0 unspecified atom stereocenters. The van der Waals surface area contributed by atoms with Crippen LogP contribution >= 0.6 is 0 Å². The Morgan fingerprint density at radius 2 is 1.48 bits per heavy atom. The van der Waals surface area contributed by atoms with Crippen molar-refractivity contribution in [2.24, 2.45) is 0 Å². The van der Waals surface area contributed by atoms with Crippen LogP contribution in [-0.4, -0.2) is 11.8 Å². The maximum Gasteiger partial charge on any atom is 0.258 e. The fraction of sp³-hybridized carbons (Fsp3) is 0.111. The fourth-order valence-electron chi connectivity index (χ4n) is 2.47. The second kappa shape index (κ2) is 5.37. The Morgan fingerprint density at radius 1 is 0.857 bits per heavy atom. The zero-order valence-corrected chi connectivity index (χ0v) is 11.7. The summed E-state index contributed by atoms with van der Waals surface area (Å²) in [6.45, 7) is 2.11. The molecule has 0 saturated carbocycles. The van der Waals surface area contributed by atoms with Gasteiger partial charge in [-0.15, -0.1) is 0 Å². The molecule has 3 nitrogen and oxygen atoms in total. The second-order valence-electron chi connectivity index (χ2n) is 4.91. The maximum absolute atomic E-state index is 11.9. The Kier molecular flexibility index (Phi) is 3.40. The van der Waals surface area contributed by atoms with Gasteiger partial charge in [-0.25, -0.2) is 4.90 Å². The highest BCUT2D eigenvalue weighted by Crippen LogP contribution is 2.32. The number of benzene rings is 2. The third-order valence-corrected chi connectivity index (χ3v) is 3.63. The molecule has 2 amide bonds. The largest absolute Gasteiger partial charge is 0.269 e. The molecule has 1 aliphatic rings. The van der Waals surface area contributed by atoms with Crippen molar-refractivity contribution in [2.45, 2.75) is 13.3 Å². The van der Waals surface area contributed by atoms with Crippen molar-refractivity contribution < 1.29 is 9.59 Å². The molecular formula is C18H15NO2. The molecule has 2 aromatic rings. The standard InChI is InChI=1S/C18H15NO2/c1-2-13-7-9-14(10-8-13)15-5-3-4-6-16(15)19-17(20)11-12-18(19)21/h3-12H,2H2,1H3. The van der Waals surface area contributed by atoms with Gasteiger partial charge in [-0.05, 0) is 23.6 Å². The number of para-hydroxylation sites is 1. The Morgan fingerprint density at radius 3 is 2.10 bits per heavy atom. The van der Waals surface area contributed by atoms with Gasteiger partial charge in [0.15, 0.2) is 0 Å². The molecule has 3 heteroatoms. The van der Waals surface area contributed by atoms with Crippen molar-refractivity contribution in [3.63, 3.8) is 0 Å². The van der Waals surface area contributed by atoms with Gasteiger partial charge in [0, 0.05) is 17.7 Å². The van der Waals surface area contributed by atoms with E-state index in [-0.39, 0.29) is 11.8 Å². The molecule has 104 valence electrons. The number of carbonyl (C=O) groups excluding carboxylic acids is 2. The van der Waals surface area contributed by atoms with Crippen LogP contribution in [-0.2, 0) is 16.0 Å². The Hall–Kier alpha value is -2.68. The number of anilines is 1. The maximum atomic E-state index is 11.9. The van der Waals surface area contributed by atoms with Crippen LogP contribution in [0.3, 0.4) is 0 Å². The number of imide groups is 1. The van der Waals surface area contributed by atoms with Crippen molar-refractivity contribution in [1.29, 1.82) is 0 Å². The molecule has 0 spiro atoms. The minimum atomic E-state index is -0.294. The van der Waals surface area contributed by atoms with E-state index in [2.05, 4.69) is 19.1 Å². The number of hydrogen-bond donors (Lipinski definition) is 0. The molecule has 3 rings (SSSR count). The van der Waals surface area contributed by atoms with E-state index in [9.17, 15) is 9.59 Å². The number of carbonyl (C=O) groups is 2.